The maximum atomic E-state index is 13.6. The molecule has 0 aliphatic rings. The first kappa shape index (κ1) is 13.6. The van der Waals surface area contributed by atoms with E-state index in [9.17, 15) is 9.18 Å². The summed E-state index contributed by atoms with van der Waals surface area (Å²) >= 11 is 5.75. The molecule has 0 fully saturated rings. The summed E-state index contributed by atoms with van der Waals surface area (Å²) in [4.78, 5) is 11.7. The van der Waals surface area contributed by atoms with Crippen LogP contribution in [-0.2, 0) is 11.3 Å². The van der Waals surface area contributed by atoms with Crippen molar-refractivity contribution in [3.63, 3.8) is 0 Å². The van der Waals surface area contributed by atoms with Gasteiger partial charge in [-0.15, -0.1) is 0 Å². The summed E-state index contributed by atoms with van der Waals surface area (Å²) in [7, 11) is 0. The lowest BCUT2D eigenvalue weighted by Gasteiger charge is -2.06. The molecule has 0 spiro atoms. The molecule has 0 aromatic heterocycles. The summed E-state index contributed by atoms with van der Waals surface area (Å²) in [5.41, 5.74) is 1.50. The van der Waals surface area contributed by atoms with E-state index in [1.54, 1.807) is 37.3 Å². The van der Waals surface area contributed by atoms with E-state index in [0.717, 1.165) is 11.1 Å². The van der Waals surface area contributed by atoms with Gasteiger partial charge in [0, 0.05) is 5.02 Å². The van der Waals surface area contributed by atoms with Gasteiger partial charge in [-0.2, -0.15) is 0 Å². The van der Waals surface area contributed by atoms with Crippen LogP contribution in [0.5, 0.6) is 0 Å². The maximum absolute atomic E-state index is 13.6. The lowest BCUT2D eigenvalue weighted by atomic mass is 10.1. The minimum Gasteiger partial charge on any atom is -0.457 e. The van der Waals surface area contributed by atoms with Gasteiger partial charge in [0.1, 0.15) is 12.4 Å². The normalized spacial score (nSPS) is 10.3. The molecule has 2 nitrogen and oxygen atoms in total. The third-order valence-electron chi connectivity index (χ3n) is 2.63. The highest BCUT2D eigenvalue weighted by Gasteiger charge is 2.13. The average Bonchev–Trinajstić information content (AvgIpc) is 2.37. The fourth-order valence-electron chi connectivity index (χ4n) is 1.59. The van der Waals surface area contributed by atoms with Crippen LogP contribution in [0.2, 0.25) is 5.02 Å². The largest absolute Gasteiger partial charge is 0.457 e. The van der Waals surface area contributed by atoms with Crippen molar-refractivity contribution in [2.24, 2.45) is 0 Å². The average molecular weight is 279 g/mol. The first-order valence-corrected chi connectivity index (χ1v) is 6.12. The van der Waals surface area contributed by atoms with Crippen LogP contribution in [0.1, 0.15) is 21.5 Å². The molecule has 98 valence electrons. The zero-order valence-corrected chi connectivity index (χ0v) is 11.1. The molecular formula is C15H12ClFO2. The van der Waals surface area contributed by atoms with Crippen LogP contribution in [0.3, 0.4) is 0 Å². The van der Waals surface area contributed by atoms with Gasteiger partial charge in [0.2, 0.25) is 0 Å². The third kappa shape index (κ3) is 3.55. The van der Waals surface area contributed by atoms with Crippen LogP contribution in [0, 0.1) is 12.7 Å². The lowest BCUT2D eigenvalue weighted by Crippen LogP contribution is -2.07. The quantitative estimate of drug-likeness (QED) is 0.789. The van der Waals surface area contributed by atoms with E-state index >= 15 is 0 Å². The SMILES string of the molecule is Cc1ccc(C(=O)OCc2ccc(Cl)cc2)c(F)c1. The zero-order valence-electron chi connectivity index (χ0n) is 10.3. The Morgan fingerprint density at radius 2 is 1.89 bits per heavy atom. The first-order chi connectivity index (χ1) is 9.06. The highest BCUT2D eigenvalue weighted by atomic mass is 35.5. The Morgan fingerprint density at radius 3 is 2.53 bits per heavy atom. The summed E-state index contributed by atoms with van der Waals surface area (Å²) in [6.07, 6.45) is 0. The summed E-state index contributed by atoms with van der Waals surface area (Å²) in [5, 5.41) is 0.611. The number of aryl methyl sites for hydroxylation is 1. The van der Waals surface area contributed by atoms with Gasteiger partial charge in [0.05, 0.1) is 5.56 Å². The van der Waals surface area contributed by atoms with Crippen LogP contribution >= 0.6 is 11.6 Å². The minimum absolute atomic E-state index is 0.0560. The van der Waals surface area contributed by atoms with Gasteiger partial charge in [-0.3, -0.25) is 0 Å². The molecule has 0 N–H and O–H groups in total. The molecule has 0 aliphatic carbocycles. The second-order valence-electron chi connectivity index (χ2n) is 4.19. The van der Waals surface area contributed by atoms with E-state index in [1.165, 1.54) is 12.1 Å². The molecule has 0 saturated heterocycles. The molecule has 2 aromatic rings. The number of hydrogen-bond donors (Lipinski definition) is 0. The number of benzene rings is 2. The monoisotopic (exact) mass is 278 g/mol. The Bertz CT molecular complexity index is 594. The van der Waals surface area contributed by atoms with E-state index in [-0.39, 0.29) is 12.2 Å². The van der Waals surface area contributed by atoms with Crippen molar-refractivity contribution in [1.82, 2.24) is 0 Å². The molecular weight excluding hydrogens is 267 g/mol. The number of rotatable bonds is 3. The molecule has 0 atom stereocenters. The molecule has 0 unspecified atom stereocenters. The highest BCUT2D eigenvalue weighted by molar-refractivity contribution is 6.30. The Kier molecular flexibility index (Phi) is 4.17. The van der Waals surface area contributed by atoms with Crippen molar-refractivity contribution in [3.05, 3.63) is 70.0 Å². The van der Waals surface area contributed by atoms with Crippen molar-refractivity contribution in [1.29, 1.82) is 0 Å². The number of hydrogen-bond acceptors (Lipinski definition) is 2. The number of ether oxygens (including phenoxy) is 1. The molecule has 0 amide bonds. The maximum Gasteiger partial charge on any atom is 0.341 e. The van der Waals surface area contributed by atoms with Crippen molar-refractivity contribution in [2.45, 2.75) is 13.5 Å². The Morgan fingerprint density at radius 1 is 1.21 bits per heavy atom. The smallest absolute Gasteiger partial charge is 0.341 e. The highest BCUT2D eigenvalue weighted by Crippen LogP contribution is 2.14. The van der Waals surface area contributed by atoms with Crippen LogP contribution in [0.4, 0.5) is 4.39 Å². The Balaban J connectivity index is 2.03. The minimum atomic E-state index is -0.674. The van der Waals surface area contributed by atoms with E-state index in [4.69, 9.17) is 16.3 Å². The number of halogens is 2. The first-order valence-electron chi connectivity index (χ1n) is 5.74. The van der Waals surface area contributed by atoms with Gasteiger partial charge in [-0.1, -0.05) is 29.8 Å². The van der Waals surface area contributed by atoms with E-state index < -0.39 is 11.8 Å². The van der Waals surface area contributed by atoms with Crippen LogP contribution in [0.25, 0.3) is 0 Å². The van der Waals surface area contributed by atoms with Crippen molar-refractivity contribution in [3.8, 4) is 0 Å². The van der Waals surface area contributed by atoms with Gasteiger partial charge in [-0.05, 0) is 42.3 Å². The third-order valence-corrected chi connectivity index (χ3v) is 2.88. The molecule has 0 bridgehead atoms. The van der Waals surface area contributed by atoms with Crippen molar-refractivity contribution >= 4 is 17.6 Å². The standard InChI is InChI=1S/C15H12ClFO2/c1-10-2-7-13(14(17)8-10)15(18)19-9-11-3-5-12(16)6-4-11/h2-8H,9H2,1H3. The number of carbonyl (C=O) groups excluding carboxylic acids is 1. The Labute approximate surface area is 115 Å². The zero-order chi connectivity index (χ0) is 13.8. The van der Waals surface area contributed by atoms with Gasteiger partial charge in [0.15, 0.2) is 0 Å². The van der Waals surface area contributed by atoms with Crippen LogP contribution in [-0.4, -0.2) is 5.97 Å². The second kappa shape index (κ2) is 5.85. The molecule has 0 saturated carbocycles. The molecule has 0 heterocycles. The second-order valence-corrected chi connectivity index (χ2v) is 4.62. The molecule has 0 radical (unpaired) electrons. The number of carbonyl (C=O) groups is 1. The fourth-order valence-corrected chi connectivity index (χ4v) is 1.72. The molecule has 19 heavy (non-hydrogen) atoms. The summed E-state index contributed by atoms with van der Waals surface area (Å²) in [5.74, 6) is -1.24. The fraction of sp³-hybridized carbons (Fsp3) is 0.133. The summed E-state index contributed by atoms with van der Waals surface area (Å²) < 4.78 is 18.6. The molecule has 2 aromatic carbocycles. The van der Waals surface area contributed by atoms with Gasteiger partial charge in [-0.25, -0.2) is 9.18 Å². The van der Waals surface area contributed by atoms with Gasteiger partial charge < -0.3 is 4.74 Å². The van der Waals surface area contributed by atoms with Crippen LogP contribution < -0.4 is 0 Å². The van der Waals surface area contributed by atoms with Crippen molar-refractivity contribution in [2.75, 3.05) is 0 Å². The van der Waals surface area contributed by atoms with Gasteiger partial charge in [0.25, 0.3) is 0 Å². The molecule has 2 rings (SSSR count). The summed E-state index contributed by atoms with van der Waals surface area (Å²) in [6, 6.07) is 11.3. The predicted molar refractivity (Wildman–Crippen MR) is 71.7 cm³/mol. The molecule has 0 aliphatic heterocycles. The summed E-state index contributed by atoms with van der Waals surface area (Å²) in [6.45, 7) is 1.84. The van der Waals surface area contributed by atoms with E-state index in [1.807, 2.05) is 0 Å². The van der Waals surface area contributed by atoms with Crippen molar-refractivity contribution < 1.29 is 13.9 Å². The van der Waals surface area contributed by atoms with E-state index in [0.29, 0.717) is 5.02 Å². The topological polar surface area (TPSA) is 26.3 Å². The van der Waals surface area contributed by atoms with Crippen LogP contribution in [0.15, 0.2) is 42.5 Å². The van der Waals surface area contributed by atoms with E-state index in [2.05, 4.69) is 0 Å². The predicted octanol–water partition coefficient (Wildman–Crippen LogP) is 4.14. The lowest BCUT2D eigenvalue weighted by molar-refractivity contribution is 0.0467. The molecule has 4 heteroatoms. The van der Waals surface area contributed by atoms with Gasteiger partial charge >= 0.3 is 5.97 Å². The Hall–Kier alpha value is -1.87. The number of esters is 1.